The molecule has 8 aromatic carbocycles. The molecule has 0 aliphatic heterocycles. The van der Waals surface area contributed by atoms with Gasteiger partial charge in [-0.25, -0.2) is 0 Å². The first-order valence-electron chi connectivity index (χ1n) is 20.6. The van der Waals surface area contributed by atoms with E-state index >= 15 is 0 Å². The van der Waals surface area contributed by atoms with Gasteiger partial charge in [-0.05, 0) is 95.7 Å². The molecule has 14 heteroatoms. The summed E-state index contributed by atoms with van der Waals surface area (Å²) in [6, 6.07) is 43.8. The number of nitrogens with zero attached hydrogens (tertiary/aromatic N) is 6. The van der Waals surface area contributed by atoms with Crippen LogP contribution in [0.5, 0.6) is 11.5 Å². The smallest absolute Gasteiger partial charge is 0.261 e. The lowest BCUT2D eigenvalue weighted by Crippen LogP contribution is -2.26. The third-order valence-corrected chi connectivity index (χ3v) is 12.3. The van der Waals surface area contributed by atoms with Crippen LogP contribution in [0.1, 0.15) is 47.8 Å². The Balaban J connectivity index is 0.998. The molecule has 9 rings (SSSR count). The van der Waals surface area contributed by atoms with Crippen LogP contribution in [0.3, 0.4) is 0 Å². The van der Waals surface area contributed by atoms with Crippen LogP contribution in [0, 0.1) is 0 Å². The number of rotatable bonds is 12. The molecule has 66 heavy (non-hydrogen) atoms. The van der Waals surface area contributed by atoms with E-state index in [1.165, 1.54) is 12.0 Å². The maximum Gasteiger partial charge on any atom is 0.261 e. The number of hydrogen-bond donors (Lipinski definition) is 0. The number of amides is 1. The first-order chi connectivity index (χ1) is 32.0. The number of hydrogen-bond acceptors (Lipinski definition) is 11. The first-order valence-corrected chi connectivity index (χ1v) is 22.2. The van der Waals surface area contributed by atoms with E-state index in [0.717, 1.165) is 36.4 Å². The molecular weight excluding hydrogens is 964 g/mol. The minimum atomic E-state index is -0.348. The Bertz CT molecular complexity index is 3340. The maximum atomic E-state index is 14.1. The van der Waals surface area contributed by atoms with Crippen LogP contribution in [0.2, 0.25) is 0 Å². The molecule has 0 unspecified atom stereocenters. The summed E-state index contributed by atoms with van der Waals surface area (Å²) < 4.78 is 13.5. The van der Waals surface area contributed by atoms with Crippen molar-refractivity contribution >= 4 is 105 Å². The molecule has 0 aromatic heterocycles. The molecule has 0 radical (unpaired) electrons. The number of carbonyl (C=O) groups excluding carboxylic acids is 3. The van der Waals surface area contributed by atoms with Crippen LogP contribution < -0.4 is 19.4 Å². The van der Waals surface area contributed by atoms with Crippen molar-refractivity contribution in [3.63, 3.8) is 0 Å². The van der Waals surface area contributed by atoms with Gasteiger partial charge in [-0.15, -0.1) is 10.2 Å². The average molecular weight is 1000 g/mol. The van der Waals surface area contributed by atoms with Crippen LogP contribution in [-0.2, 0) is 11.4 Å². The van der Waals surface area contributed by atoms with E-state index in [-0.39, 0.29) is 52.1 Å². The van der Waals surface area contributed by atoms with Crippen molar-refractivity contribution in [1.82, 2.24) is 0 Å². The van der Waals surface area contributed by atoms with Crippen molar-refractivity contribution in [3.05, 3.63) is 188 Å². The van der Waals surface area contributed by atoms with Crippen LogP contribution >= 0.6 is 31.9 Å². The Hall–Kier alpha value is -7.39. The quantitative estimate of drug-likeness (QED) is 0.0878. The second-order valence-electron chi connectivity index (χ2n) is 15.3. The number of fused-ring (bicyclic) bond motifs is 4. The zero-order valence-electron chi connectivity index (χ0n) is 36.0. The first kappa shape index (κ1) is 43.8. The zero-order valence-corrected chi connectivity index (χ0v) is 39.1. The third kappa shape index (κ3) is 8.49. The Kier molecular flexibility index (Phi) is 12.4. The SMILES string of the molecule is COc1c(CON(C)c2cccc(Br)c2)cc2ccccc2c1N=Nc1ccc2c(c1)C(=O)c1ccc(N=Nc3c(OC)c(C(=O)N(C)c4cccc(Br)c4)cc4ccccc34)cc1C2=O. The molecule has 0 fully saturated rings. The van der Waals surface area contributed by atoms with Gasteiger partial charge in [0.1, 0.15) is 18.0 Å². The van der Waals surface area contributed by atoms with Gasteiger partial charge in [-0.3, -0.25) is 24.3 Å². The van der Waals surface area contributed by atoms with Crippen molar-refractivity contribution in [2.75, 3.05) is 38.3 Å². The highest BCUT2D eigenvalue weighted by molar-refractivity contribution is 9.10. The van der Waals surface area contributed by atoms with Crippen LogP contribution in [-0.4, -0.2) is 45.8 Å². The fourth-order valence-corrected chi connectivity index (χ4v) is 8.71. The molecule has 1 aliphatic carbocycles. The van der Waals surface area contributed by atoms with Gasteiger partial charge in [0.2, 0.25) is 0 Å². The van der Waals surface area contributed by atoms with Crippen LogP contribution in [0.25, 0.3) is 21.5 Å². The van der Waals surface area contributed by atoms with Crippen molar-refractivity contribution in [2.24, 2.45) is 20.5 Å². The Morgan fingerprint density at radius 2 is 1.06 bits per heavy atom. The molecule has 0 saturated heterocycles. The predicted octanol–water partition coefficient (Wildman–Crippen LogP) is 14.0. The molecule has 0 heterocycles. The number of anilines is 2. The summed E-state index contributed by atoms with van der Waals surface area (Å²) in [5, 5.41) is 23.2. The Morgan fingerprint density at radius 3 is 1.62 bits per heavy atom. The molecule has 12 nitrogen and oxygen atoms in total. The minimum Gasteiger partial charge on any atom is -0.494 e. The topological polar surface area (TPSA) is 135 Å². The molecule has 0 spiro atoms. The normalized spacial score (nSPS) is 12.2. The second-order valence-corrected chi connectivity index (χ2v) is 17.1. The monoisotopic (exact) mass is 1000 g/mol. The molecule has 8 aromatic rings. The number of halogens is 2. The molecule has 0 atom stereocenters. The number of methoxy groups -OCH3 is 2. The lowest BCUT2D eigenvalue weighted by Gasteiger charge is -2.21. The number of hydroxylamine groups is 1. The van der Waals surface area contributed by atoms with Crippen molar-refractivity contribution in [1.29, 1.82) is 0 Å². The van der Waals surface area contributed by atoms with Crippen LogP contribution in [0.15, 0.2) is 175 Å². The van der Waals surface area contributed by atoms with E-state index in [9.17, 15) is 14.4 Å². The lowest BCUT2D eigenvalue weighted by molar-refractivity contribution is 0.0979. The fourth-order valence-electron chi connectivity index (χ4n) is 7.94. The number of carbonyl (C=O) groups is 3. The van der Waals surface area contributed by atoms with Crippen molar-refractivity contribution in [3.8, 4) is 11.5 Å². The van der Waals surface area contributed by atoms with E-state index < -0.39 is 0 Å². The Labute approximate surface area is 396 Å². The highest BCUT2D eigenvalue weighted by atomic mass is 79.9. The summed E-state index contributed by atoms with van der Waals surface area (Å²) in [6.45, 7) is 0.183. The van der Waals surface area contributed by atoms with Crippen molar-refractivity contribution < 1.29 is 28.7 Å². The van der Waals surface area contributed by atoms with Crippen molar-refractivity contribution in [2.45, 2.75) is 6.61 Å². The summed E-state index contributed by atoms with van der Waals surface area (Å²) in [4.78, 5) is 49.8. The van der Waals surface area contributed by atoms with E-state index in [1.807, 2.05) is 110 Å². The molecule has 326 valence electrons. The van der Waals surface area contributed by atoms with Gasteiger partial charge in [-0.1, -0.05) is 92.5 Å². The van der Waals surface area contributed by atoms with Gasteiger partial charge in [0.05, 0.1) is 36.8 Å². The van der Waals surface area contributed by atoms with Gasteiger partial charge >= 0.3 is 0 Å². The number of ketones is 2. The molecule has 0 bridgehead atoms. The largest absolute Gasteiger partial charge is 0.494 e. The van der Waals surface area contributed by atoms with Crippen LogP contribution in [0.4, 0.5) is 34.1 Å². The standard InChI is InChI=1S/C52H38Br2N6O6/c1-59(37-15-9-13-33(53)25-37)52(63)45-24-31-12-6-8-18-40(31)47(51(45)65-4)58-56-36-20-22-42-44(28-36)49(62)41-21-19-35(27-43(41)48(42)61)55-57-46-39-17-7-5-11-30(39)23-32(50(46)64-3)29-66-60(2)38-16-10-14-34(54)26-38/h5-28H,29H2,1-4H3. The summed E-state index contributed by atoms with van der Waals surface area (Å²) in [5.41, 5.74) is 4.96. The maximum absolute atomic E-state index is 14.1. The predicted molar refractivity (Wildman–Crippen MR) is 263 cm³/mol. The highest BCUT2D eigenvalue weighted by Gasteiger charge is 2.31. The lowest BCUT2D eigenvalue weighted by atomic mass is 9.83. The van der Waals surface area contributed by atoms with Gasteiger partial charge in [-0.2, -0.15) is 10.2 Å². The minimum absolute atomic E-state index is 0.183. The molecular formula is C52H38Br2N6O6. The molecule has 1 amide bonds. The Morgan fingerprint density at radius 1 is 0.545 bits per heavy atom. The number of benzene rings is 8. The highest BCUT2D eigenvalue weighted by Crippen LogP contribution is 2.43. The van der Waals surface area contributed by atoms with E-state index in [2.05, 4.69) is 52.3 Å². The number of azo groups is 2. The van der Waals surface area contributed by atoms with E-state index in [0.29, 0.717) is 45.1 Å². The summed E-state index contributed by atoms with van der Waals surface area (Å²) >= 11 is 7.00. The summed E-state index contributed by atoms with van der Waals surface area (Å²) in [7, 11) is 6.57. The van der Waals surface area contributed by atoms with Gasteiger partial charge < -0.3 is 14.4 Å². The molecule has 0 saturated carbocycles. The third-order valence-electron chi connectivity index (χ3n) is 11.3. The average Bonchev–Trinajstić information content (AvgIpc) is 3.34. The fraction of sp³-hybridized carbons (Fsp3) is 0.0962. The molecule has 0 N–H and O–H groups in total. The van der Waals surface area contributed by atoms with Gasteiger partial charge in [0.25, 0.3) is 5.91 Å². The second kappa shape index (κ2) is 18.6. The summed E-state index contributed by atoms with van der Waals surface area (Å²) in [5.74, 6) is -0.268. The van der Waals surface area contributed by atoms with E-state index in [4.69, 9.17) is 14.3 Å². The molecule has 1 aliphatic rings. The van der Waals surface area contributed by atoms with Gasteiger partial charge in [0, 0.05) is 67.3 Å². The number of ether oxygens (including phenoxy) is 2. The van der Waals surface area contributed by atoms with E-state index in [1.54, 1.807) is 61.7 Å². The van der Waals surface area contributed by atoms with Gasteiger partial charge in [0.15, 0.2) is 23.1 Å². The zero-order chi connectivity index (χ0) is 46.1. The summed E-state index contributed by atoms with van der Waals surface area (Å²) in [6.07, 6.45) is 0.